The van der Waals surface area contributed by atoms with E-state index < -0.39 is 0 Å². The number of hydrogen-bond donors (Lipinski definition) is 0. The number of nitrogens with zero attached hydrogens (tertiary/aromatic N) is 2. The average Bonchev–Trinajstić information content (AvgIpc) is 2.15. The minimum absolute atomic E-state index is 0.0981. The van der Waals surface area contributed by atoms with Crippen molar-refractivity contribution in [2.75, 3.05) is 6.54 Å². The van der Waals surface area contributed by atoms with Crippen LogP contribution in [0.2, 0.25) is 0 Å². The summed E-state index contributed by atoms with van der Waals surface area (Å²) in [4.78, 5) is 13.8. The molecule has 0 spiro atoms. The number of amides is 1. The van der Waals surface area contributed by atoms with Crippen molar-refractivity contribution in [1.82, 2.24) is 4.90 Å². The molecular weight excluding hydrogens is 188 g/mol. The van der Waals surface area contributed by atoms with E-state index in [1.807, 2.05) is 20.8 Å². The fraction of sp³-hybridized carbons (Fsp3) is 0.833. The molecule has 0 N–H and O–H groups in total. The van der Waals surface area contributed by atoms with Gasteiger partial charge in [0.25, 0.3) is 0 Å². The van der Waals surface area contributed by atoms with Gasteiger partial charge in [-0.25, -0.2) is 0 Å². The van der Waals surface area contributed by atoms with Crippen molar-refractivity contribution in [3.8, 4) is 6.07 Å². The van der Waals surface area contributed by atoms with Gasteiger partial charge in [-0.3, -0.25) is 4.79 Å². The molecule has 0 aromatic heterocycles. The van der Waals surface area contributed by atoms with Gasteiger partial charge in [0.05, 0.1) is 6.07 Å². The third-order valence-corrected chi connectivity index (χ3v) is 2.92. The Balaban J connectivity index is 2.78. The summed E-state index contributed by atoms with van der Waals surface area (Å²) in [5, 5.41) is 9.05. The highest BCUT2D eigenvalue weighted by molar-refractivity contribution is 5.82. The Bertz CT molecular complexity index is 285. The van der Waals surface area contributed by atoms with E-state index >= 15 is 0 Å². The fourth-order valence-electron chi connectivity index (χ4n) is 1.94. The van der Waals surface area contributed by atoms with Crippen LogP contribution in [0.5, 0.6) is 0 Å². The van der Waals surface area contributed by atoms with Gasteiger partial charge in [-0.1, -0.05) is 27.7 Å². The minimum atomic E-state index is -0.379. The molecule has 1 rings (SSSR count). The maximum atomic E-state index is 12.1. The molecule has 1 aliphatic rings. The molecule has 0 aliphatic carbocycles. The summed E-state index contributed by atoms with van der Waals surface area (Å²) >= 11 is 0. The summed E-state index contributed by atoms with van der Waals surface area (Å²) in [7, 11) is 0. The highest BCUT2D eigenvalue weighted by Crippen LogP contribution is 2.27. The van der Waals surface area contributed by atoms with Crippen LogP contribution in [0.1, 0.15) is 40.5 Å². The Hall–Kier alpha value is -1.04. The van der Waals surface area contributed by atoms with Crippen molar-refractivity contribution < 1.29 is 4.79 Å². The molecule has 0 radical (unpaired) electrons. The van der Waals surface area contributed by atoms with E-state index in [0.717, 1.165) is 19.4 Å². The van der Waals surface area contributed by atoms with Crippen LogP contribution < -0.4 is 0 Å². The molecule has 1 amide bonds. The van der Waals surface area contributed by atoms with Crippen LogP contribution in [0.4, 0.5) is 0 Å². The Labute approximate surface area is 92.1 Å². The van der Waals surface area contributed by atoms with Crippen LogP contribution in [-0.2, 0) is 4.79 Å². The SMILES string of the molecule is C[C@@H]1CCN(C(=O)C(C)(C)C)[C@@H](C#N)C1. The molecule has 3 nitrogen and oxygen atoms in total. The first-order valence-corrected chi connectivity index (χ1v) is 5.57. The topological polar surface area (TPSA) is 44.1 Å². The third-order valence-electron chi connectivity index (χ3n) is 2.92. The third kappa shape index (κ3) is 2.71. The monoisotopic (exact) mass is 208 g/mol. The molecule has 1 heterocycles. The molecule has 0 bridgehead atoms. The Kier molecular flexibility index (Phi) is 3.38. The Morgan fingerprint density at radius 3 is 2.53 bits per heavy atom. The standard InChI is InChI=1S/C12H20N2O/c1-9-5-6-14(10(7-9)8-13)11(15)12(2,3)4/h9-10H,5-7H2,1-4H3/t9-,10-/m1/s1. The van der Waals surface area contributed by atoms with E-state index in [4.69, 9.17) is 5.26 Å². The number of nitriles is 1. The Morgan fingerprint density at radius 1 is 1.47 bits per heavy atom. The average molecular weight is 208 g/mol. The van der Waals surface area contributed by atoms with Crippen LogP contribution >= 0.6 is 0 Å². The van der Waals surface area contributed by atoms with Gasteiger partial charge >= 0.3 is 0 Å². The van der Waals surface area contributed by atoms with Crippen LogP contribution in [0.25, 0.3) is 0 Å². The summed E-state index contributed by atoms with van der Waals surface area (Å²) in [6, 6.07) is 2.02. The smallest absolute Gasteiger partial charge is 0.229 e. The fourth-order valence-corrected chi connectivity index (χ4v) is 1.94. The first kappa shape index (κ1) is 12.0. The predicted octanol–water partition coefficient (Wildman–Crippen LogP) is 2.18. The van der Waals surface area contributed by atoms with Crippen molar-refractivity contribution in [1.29, 1.82) is 5.26 Å². The van der Waals surface area contributed by atoms with Gasteiger partial charge in [0.2, 0.25) is 5.91 Å². The molecule has 1 saturated heterocycles. The second-order valence-corrected chi connectivity index (χ2v) is 5.52. The molecule has 0 aromatic rings. The van der Waals surface area contributed by atoms with Crippen molar-refractivity contribution >= 4 is 5.91 Å². The Morgan fingerprint density at radius 2 is 2.07 bits per heavy atom. The van der Waals surface area contributed by atoms with Crippen molar-refractivity contribution in [2.24, 2.45) is 11.3 Å². The molecule has 3 heteroatoms. The number of rotatable bonds is 0. The molecular formula is C12H20N2O. The molecule has 0 aromatic carbocycles. The highest BCUT2D eigenvalue weighted by atomic mass is 16.2. The summed E-state index contributed by atoms with van der Waals surface area (Å²) in [5.41, 5.74) is -0.379. The maximum absolute atomic E-state index is 12.1. The largest absolute Gasteiger partial charge is 0.326 e. The van der Waals surface area contributed by atoms with Crippen molar-refractivity contribution in [3.63, 3.8) is 0 Å². The highest BCUT2D eigenvalue weighted by Gasteiger charge is 2.35. The van der Waals surface area contributed by atoms with Crippen LogP contribution in [0, 0.1) is 22.7 Å². The van der Waals surface area contributed by atoms with Gasteiger partial charge in [-0.15, -0.1) is 0 Å². The van der Waals surface area contributed by atoms with Gasteiger partial charge in [0.15, 0.2) is 0 Å². The van der Waals surface area contributed by atoms with Crippen LogP contribution in [0.15, 0.2) is 0 Å². The second kappa shape index (κ2) is 4.22. The summed E-state index contributed by atoms with van der Waals surface area (Å²) in [6.07, 6.45) is 1.83. The van der Waals surface area contributed by atoms with Crippen LogP contribution in [-0.4, -0.2) is 23.4 Å². The summed E-state index contributed by atoms with van der Waals surface area (Å²) in [5.74, 6) is 0.652. The molecule has 15 heavy (non-hydrogen) atoms. The van der Waals surface area contributed by atoms with Gasteiger partial charge in [0.1, 0.15) is 6.04 Å². The first-order valence-electron chi connectivity index (χ1n) is 5.57. The predicted molar refractivity (Wildman–Crippen MR) is 59.0 cm³/mol. The molecule has 0 saturated carbocycles. The molecule has 2 atom stereocenters. The zero-order valence-electron chi connectivity index (χ0n) is 10.1. The van der Waals surface area contributed by atoms with E-state index in [1.54, 1.807) is 4.90 Å². The van der Waals surface area contributed by atoms with Gasteiger partial charge in [-0.2, -0.15) is 5.26 Å². The molecule has 1 aliphatic heterocycles. The number of carbonyl (C=O) groups is 1. The van der Waals surface area contributed by atoms with E-state index in [-0.39, 0.29) is 17.4 Å². The molecule has 0 unspecified atom stereocenters. The van der Waals surface area contributed by atoms with E-state index in [1.165, 1.54) is 0 Å². The van der Waals surface area contributed by atoms with Gasteiger partial charge < -0.3 is 4.90 Å². The lowest BCUT2D eigenvalue weighted by molar-refractivity contribution is -0.142. The number of hydrogen-bond acceptors (Lipinski definition) is 2. The van der Waals surface area contributed by atoms with Gasteiger partial charge in [0, 0.05) is 12.0 Å². The summed E-state index contributed by atoms with van der Waals surface area (Å²) in [6.45, 7) is 8.59. The number of carbonyl (C=O) groups excluding carboxylic acids is 1. The second-order valence-electron chi connectivity index (χ2n) is 5.52. The zero-order valence-corrected chi connectivity index (χ0v) is 10.1. The quantitative estimate of drug-likeness (QED) is 0.612. The number of likely N-dealkylation sites (tertiary alicyclic amines) is 1. The zero-order chi connectivity index (χ0) is 11.6. The van der Waals surface area contributed by atoms with Crippen LogP contribution in [0.3, 0.4) is 0 Å². The normalized spacial score (nSPS) is 27.3. The molecule has 1 fully saturated rings. The van der Waals surface area contributed by atoms with E-state index in [9.17, 15) is 4.79 Å². The van der Waals surface area contributed by atoms with Crippen molar-refractivity contribution in [3.05, 3.63) is 0 Å². The van der Waals surface area contributed by atoms with E-state index in [2.05, 4.69) is 13.0 Å². The first-order chi connectivity index (χ1) is 6.86. The lowest BCUT2D eigenvalue weighted by atomic mass is 9.88. The lowest BCUT2D eigenvalue weighted by Crippen LogP contribution is -2.49. The minimum Gasteiger partial charge on any atom is -0.326 e. The number of piperidine rings is 1. The maximum Gasteiger partial charge on any atom is 0.229 e. The van der Waals surface area contributed by atoms with Crippen molar-refractivity contribution in [2.45, 2.75) is 46.6 Å². The molecule has 84 valence electrons. The van der Waals surface area contributed by atoms with Gasteiger partial charge in [-0.05, 0) is 18.8 Å². The van der Waals surface area contributed by atoms with E-state index in [0.29, 0.717) is 5.92 Å². The summed E-state index contributed by atoms with van der Waals surface area (Å²) < 4.78 is 0. The lowest BCUT2D eigenvalue weighted by Gasteiger charge is -2.38.